The van der Waals surface area contributed by atoms with E-state index < -0.39 is 5.97 Å². The van der Waals surface area contributed by atoms with Gasteiger partial charge in [0, 0.05) is 0 Å². The molecule has 0 saturated heterocycles. The quantitative estimate of drug-likeness (QED) is 0.557. The van der Waals surface area contributed by atoms with Crippen molar-refractivity contribution in [3.8, 4) is 0 Å². The van der Waals surface area contributed by atoms with E-state index in [-0.39, 0.29) is 10.8 Å². The molecule has 0 radical (unpaired) electrons. The van der Waals surface area contributed by atoms with E-state index in [0.29, 0.717) is 6.61 Å². The van der Waals surface area contributed by atoms with Crippen LogP contribution in [-0.4, -0.2) is 12.6 Å². The van der Waals surface area contributed by atoms with Crippen LogP contribution in [0, 0.1) is 0 Å². The number of esters is 1. The number of hydrogen-bond acceptors (Lipinski definition) is 3. The van der Waals surface area contributed by atoms with Crippen LogP contribution in [0.2, 0.25) is 5.22 Å². The summed E-state index contributed by atoms with van der Waals surface area (Å²) in [4.78, 5) is 11.2. The van der Waals surface area contributed by atoms with Crippen molar-refractivity contribution in [2.75, 3.05) is 6.61 Å². The van der Waals surface area contributed by atoms with Gasteiger partial charge in [-0.1, -0.05) is 13.3 Å². The standard InChI is InChI=1S/C9H11ClO3/c1-2-3-5-13-9(11)7-4-6-12-8(7)10/h4,6H,2-3,5H2,1H3. The summed E-state index contributed by atoms with van der Waals surface area (Å²) in [5, 5.41) is 0.0847. The Morgan fingerprint density at radius 2 is 2.46 bits per heavy atom. The van der Waals surface area contributed by atoms with Crippen LogP contribution in [0.3, 0.4) is 0 Å². The minimum Gasteiger partial charge on any atom is -0.462 e. The number of halogens is 1. The molecule has 0 atom stereocenters. The van der Waals surface area contributed by atoms with Crippen molar-refractivity contribution in [1.29, 1.82) is 0 Å². The van der Waals surface area contributed by atoms with Gasteiger partial charge in [-0.05, 0) is 24.1 Å². The van der Waals surface area contributed by atoms with Gasteiger partial charge < -0.3 is 9.15 Å². The number of unbranched alkanes of at least 4 members (excludes halogenated alkanes) is 1. The van der Waals surface area contributed by atoms with E-state index in [1.165, 1.54) is 12.3 Å². The van der Waals surface area contributed by atoms with Gasteiger partial charge in [0.1, 0.15) is 5.56 Å². The lowest BCUT2D eigenvalue weighted by molar-refractivity contribution is 0.0499. The Labute approximate surface area is 81.6 Å². The average molecular weight is 203 g/mol. The maximum Gasteiger partial charge on any atom is 0.343 e. The molecule has 0 fully saturated rings. The fraction of sp³-hybridized carbons (Fsp3) is 0.444. The SMILES string of the molecule is CCCCOC(=O)c1ccoc1Cl. The molecule has 1 rings (SSSR count). The van der Waals surface area contributed by atoms with Crippen molar-refractivity contribution in [3.63, 3.8) is 0 Å². The van der Waals surface area contributed by atoms with E-state index in [0.717, 1.165) is 12.8 Å². The monoisotopic (exact) mass is 202 g/mol. The first-order chi connectivity index (χ1) is 6.25. The van der Waals surface area contributed by atoms with Crippen molar-refractivity contribution >= 4 is 17.6 Å². The second-order valence-electron chi connectivity index (χ2n) is 2.60. The molecule has 0 N–H and O–H groups in total. The number of carbonyl (C=O) groups is 1. The molecule has 0 amide bonds. The van der Waals surface area contributed by atoms with E-state index in [2.05, 4.69) is 0 Å². The highest BCUT2D eigenvalue weighted by atomic mass is 35.5. The molecule has 0 saturated carbocycles. The number of carbonyl (C=O) groups excluding carboxylic acids is 1. The molecule has 0 spiro atoms. The predicted molar refractivity (Wildman–Crippen MR) is 48.9 cm³/mol. The highest BCUT2D eigenvalue weighted by Crippen LogP contribution is 2.17. The highest BCUT2D eigenvalue weighted by Gasteiger charge is 2.13. The first-order valence-electron chi connectivity index (χ1n) is 4.15. The Bertz CT molecular complexity index is 280. The topological polar surface area (TPSA) is 39.4 Å². The zero-order valence-electron chi connectivity index (χ0n) is 7.38. The van der Waals surface area contributed by atoms with Crippen LogP contribution < -0.4 is 0 Å². The highest BCUT2D eigenvalue weighted by molar-refractivity contribution is 6.31. The molecule has 72 valence electrons. The van der Waals surface area contributed by atoms with E-state index in [1.54, 1.807) is 0 Å². The summed E-state index contributed by atoms with van der Waals surface area (Å²) in [5.74, 6) is -0.424. The summed E-state index contributed by atoms with van der Waals surface area (Å²) >= 11 is 5.58. The third-order valence-electron chi connectivity index (χ3n) is 1.57. The van der Waals surface area contributed by atoms with Crippen LogP contribution >= 0.6 is 11.6 Å². The molecule has 3 nitrogen and oxygen atoms in total. The molecular formula is C9H11ClO3. The molecule has 1 aromatic heterocycles. The van der Waals surface area contributed by atoms with Crippen molar-refractivity contribution in [1.82, 2.24) is 0 Å². The molecule has 1 aromatic rings. The number of rotatable bonds is 4. The minimum atomic E-state index is -0.424. The lowest BCUT2D eigenvalue weighted by Crippen LogP contribution is -2.05. The van der Waals surface area contributed by atoms with E-state index in [1.807, 2.05) is 6.92 Å². The van der Waals surface area contributed by atoms with Crippen LogP contribution in [0.1, 0.15) is 30.1 Å². The van der Waals surface area contributed by atoms with Crippen LogP contribution in [0.15, 0.2) is 16.7 Å². The van der Waals surface area contributed by atoms with Crippen LogP contribution in [-0.2, 0) is 4.74 Å². The van der Waals surface area contributed by atoms with E-state index in [4.69, 9.17) is 20.8 Å². The largest absolute Gasteiger partial charge is 0.462 e. The molecule has 0 aromatic carbocycles. The van der Waals surface area contributed by atoms with Gasteiger partial charge in [0.25, 0.3) is 0 Å². The second-order valence-corrected chi connectivity index (χ2v) is 2.94. The fourth-order valence-corrected chi connectivity index (χ4v) is 1.02. The Kier molecular flexibility index (Phi) is 3.83. The second kappa shape index (κ2) is 4.92. The normalized spacial score (nSPS) is 10.0. The maximum absolute atomic E-state index is 11.2. The minimum absolute atomic E-state index is 0.0847. The predicted octanol–water partition coefficient (Wildman–Crippen LogP) is 2.89. The number of ether oxygens (including phenoxy) is 1. The van der Waals surface area contributed by atoms with Gasteiger partial charge in [-0.2, -0.15) is 0 Å². The smallest absolute Gasteiger partial charge is 0.343 e. The molecule has 0 aliphatic heterocycles. The lowest BCUT2D eigenvalue weighted by Gasteiger charge is -2.00. The van der Waals surface area contributed by atoms with Crippen LogP contribution in [0.5, 0.6) is 0 Å². The lowest BCUT2D eigenvalue weighted by atomic mass is 10.3. The van der Waals surface area contributed by atoms with Crippen LogP contribution in [0.25, 0.3) is 0 Å². The third-order valence-corrected chi connectivity index (χ3v) is 1.86. The third kappa shape index (κ3) is 2.77. The van der Waals surface area contributed by atoms with Gasteiger partial charge in [-0.15, -0.1) is 0 Å². The fourth-order valence-electron chi connectivity index (χ4n) is 0.826. The number of furan rings is 1. The summed E-state index contributed by atoms with van der Waals surface area (Å²) in [5.41, 5.74) is 0.290. The molecule has 4 heteroatoms. The number of hydrogen-bond donors (Lipinski definition) is 0. The Morgan fingerprint density at radius 3 is 3.00 bits per heavy atom. The van der Waals surface area contributed by atoms with Crippen molar-refractivity contribution in [2.24, 2.45) is 0 Å². The maximum atomic E-state index is 11.2. The Morgan fingerprint density at radius 1 is 1.69 bits per heavy atom. The first-order valence-corrected chi connectivity index (χ1v) is 4.53. The zero-order valence-corrected chi connectivity index (χ0v) is 8.13. The Hall–Kier alpha value is -0.960. The molecule has 0 unspecified atom stereocenters. The zero-order chi connectivity index (χ0) is 9.68. The molecule has 13 heavy (non-hydrogen) atoms. The van der Waals surface area contributed by atoms with Gasteiger partial charge in [0.2, 0.25) is 5.22 Å². The van der Waals surface area contributed by atoms with Gasteiger partial charge in [0.05, 0.1) is 12.9 Å². The van der Waals surface area contributed by atoms with E-state index in [9.17, 15) is 4.79 Å². The summed E-state index contributed by atoms with van der Waals surface area (Å²) < 4.78 is 9.68. The Balaban J connectivity index is 2.45. The molecule has 0 aliphatic rings. The van der Waals surface area contributed by atoms with Gasteiger partial charge in [-0.3, -0.25) is 0 Å². The summed E-state index contributed by atoms with van der Waals surface area (Å²) in [6, 6.07) is 1.50. The summed E-state index contributed by atoms with van der Waals surface area (Å²) in [7, 11) is 0. The van der Waals surface area contributed by atoms with Crippen molar-refractivity contribution in [2.45, 2.75) is 19.8 Å². The van der Waals surface area contributed by atoms with Crippen LogP contribution in [0.4, 0.5) is 0 Å². The average Bonchev–Trinajstić information content (AvgIpc) is 2.52. The summed E-state index contributed by atoms with van der Waals surface area (Å²) in [6.45, 7) is 2.45. The van der Waals surface area contributed by atoms with Gasteiger partial charge >= 0.3 is 5.97 Å². The van der Waals surface area contributed by atoms with Gasteiger partial charge in [0.15, 0.2) is 0 Å². The summed E-state index contributed by atoms with van der Waals surface area (Å²) in [6.07, 6.45) is 3.21. The van der Waals surface area contributed by atoms with Crippen molar-refractivity contribution < 1.29 is 13.9 Å². The molecule has 0 aliphatic carbocycles. The van der Waals surface area contributed by atoms with Crippen molar-refractivity contribution in [3.05, 3.63) is 23.1 Å². The first kappa shape index (κ1) is 10.1. The van der Waals surface area contributed by atoms with E-state index >= 15 is 0 Å². The molecular weight excluding hydrogens is 192 g/mol. The molecule has 1 heterocycles. The molecule has 0 bridgehead atoms. The van der Waals surface area contributed by atoms with Gasteiger partial charge in [-0.25, -0.2) is 4.79 Å².